The van der Waals surface area contributed by atoms with E-state index in [1.165, 1.54) is 276 Å². The van der Waals surface area contributed by atoms with Crippen LogP contribution in [0.5, 0.6) is 0 Å². The fourth-order valence-corrected chi connectivity index (χ4v) is 12.4. The van der Waals surface area contributed by atoms with Crippen LogP contribution in [0.2, 0.25) is 0 Å². The Balaban J connectivity index is 1.60. The van der Waals surface area contributed by atoms with Gasteiger partial charge in [0.05, 0.1) is 32.0 Å². The zero-order valence-electron chi connectivity index (χ0n) is 54.9. The van der Waals surface area contributed by atoms with Crippen molar-refractivity contribution in [2.75, 3.05) is 19.8 Å². The topological polar surface area (TPSA) is 228 Å². The highest BCUT2D eigenvalue weighted by molar-refractivity contribution is 5.76. The zero-order valence-corrected chi connectivity index (χ0v) is 54.9. The van der Waals surface area contributed by atoms with Crippen molar-refractivity contribution >= 4 is 5.91 Å². The summed E-state index contributed by atoms with van der Waals surface area (Å²) in [6, 6.07) is -0.911. The van der Waals surface area contributed by atoms with Crippen LogP contribution in [0.15, 0.2) is 12.2 Å². The number of carbonyl (C=O) groups excluding carboxylic acids is 1. The monoisotopic (exact) mass is 1210 g/mol. The van der Waals surface area contributed by atoms with Gasteiger partial charge in [-0.3, -0.25) is 4.79 Å². The summed E-state index contributed by atoms with van der Waals surface area (Å²) in [5.41, 5.74) is 0. The molecule has 504 valence electrons. The van der Waals surface area contributed by atoms with E-state index < -0.39 is 86.8 Å². The second kappa shape index (κ2) is 56.7. The Morgan fingerprint density at radius 2 is 0.729 bits per heavy atom. The van der Waals surface area contributed by atoms with Gasteiger partial charge in [-0.2, -0.15) is 0 Å². The SMILES string of the molecule is CCCCCCCCCCCCCCCCC/C=C/C(O)C(COC1OC(CO)C(OC2OC(CO)C(O)C(O)C2O)C(O)C1O)NC(=O)CCCCCCCCCCCCCCCCCCCCCCCCCCCCCCCCCCCC. The second-order valence-electron chi connectivity index (χ2n) is 26.1. The molecule has 0 aromatic rings. The van der Waals surface area contributed by atoms with Gasteiger partial charge >= 0.3 is 0 Å². The van der Waals surface area contributed by atoms with E-state index in [9.17, 15) is 45.6 Å². The molecule has 2 aliphatic rings. The summed E-state index contributed by atoms with van der Waals surface area (Å²) in [6.07, 6.45) is 52.9. The summed E-state index contributed by atoms with van der Waals surface area (Å²) in [5.74, 6) is -0.231. The standard InChI is InChI=1S/C71H137NO13/c1-3-5-7-9-11-13-15-17-19-21-22-23-24-25-26-27-28-29-30-31-32-33-34-35-36-37-39-41-43-45-47-49-51-53-55-63(76)72-59(60(75)54-52-50-48-46-44-42-40-38-20-18-16-14-12-10-8-6-4-2)58-82-70-68(81)66(79)69(62(57-74)84-70)85-71-67(80)65(78)64(77)61(56-73)83-71/h52,54,59-62,64-71,73-75,77-81H,3-51,53,55-58H2,1-2H3,(H,72,76)/b54-52+. The molecule has 14 heteroatoms. The lowest BCUT2D eigenvalue weighted by Gasteiger charge is -2.46. The van der Waals surface area contributed by atoms with Gasteiger partial charge in [0.25, 0.3) is 0 Å². The lowest BCUT2D eigenvalue weighted by Crippen LogP contribution is -2.65. The number of hydrogen-bond donors (Lipinski definition) is 9. The van der Waals surface area contributed by atoms with Crippen LogP contribution in [0.4, 0.5) is 0 Å². The number of unbranched alkanes of at least 4 members (excludes halogenated alkanes) is 48. The maximum Gasteiger partial charge on any atom is 0.220 e. The summed E-state index contributed by atoms with van der Waals surface area (Å²) in [6.45, 7) is 2.85. The largest absolute Gasteiger partial charge is 0.394 e. The number of aliphatic hydroxyl groups is 8. The molecule has 14 nitrogen and oxygen atoms in total. The molecule has 0 spiro atoms. The normalized spacial score (nSPS) is 23.5. The van der Waals surface area contributed by atoms with Crippen LogP contribution >= 0.6 is 0 Å². The van der Waals surface area contributed by atoms with Crippen molar-refractivity contribution in [1.29, 1.82) is 0 Å². The van der Waals surface area contributed by atoms with E-state index in [4.69, 9.17) is 18.9 Å². The Morgan fingerprint density at radius 1 is 0.412 bits per heavy atom. The summed E-state index contributed by atoms with van der Waals surface area (Å²) >= 11 is 0. The summed E-state index contributed by atoms with van der Waals surface area (Å²) in [7, 11) is 0. The molecule has 12 unspecified atom stereocenters. The molecule has 12 atom stereocenters. The predicted octanol–water partition coefficient (Wildman–Crippen LogP) is 15.0. The first-order valence-electron chi connectivity index (χ1n) is 36.4. The molecule has 0 aliphatic carbocycles. The minimum absolute atomic E-state index is 0.231. The molecule has 1 amide bonds. The molecule has 0 radical (unpaired) electrons. The van der Waals surface area contributed by atoms with Crippen LogP contribution in [-0.2, 0) is 23.7 Å². The molecular weight excluding hydrogens is 1070 g/mol. The third kappa shape index (κ3) is 41.0. The number of carbonyl (C=O) groups is 1. The number of ether oxygens (including phenoxy) is 4. The van der Waals surface area contributed by atoms with E-state index in [2.05, 4.69) is 19.2 Å². The molecule has 2 rings (SSSR count). The number of amides is 1. The number of hydrogen-bond acceptors (Lipinski definition) is 13. The lowest BCUT2D eigenvalue weighted by molar-refractivity contribution is -0.359. The van der Waals surface area contributed by atoms with E-state index in [0.29, 0.717) is 0 Å². The minimum atomic E-state index is -1.79. The van der Waals surface area contributed by atoms with Crippen molar-refractivity contribution in [3.8, 4) is 0 Å². The van der Waals surface area contributed by atoms with Crippen molar-refractivity contribution < 1.29 is 64.6 Å². The van der Waals surface area contributed by atoms with Gasteiger partial charge in [0.1, 0.15) is 48.8 Å². The molecule has 85 heavy (non-hydrogen) atoms. The van der Waals surface area contributed by atoms with Crippen LogP contribution in [0, 0.1) is 0 Å². The highest BCUT2D eigenvalue weighted by Gasteiger charge is 2.51. The van der Waals surface area contributed by atoms with Crippen molar-refractivity contribution in [3.05, 3.63) is 12.2 Å². The van der Waals surface area contributed by atoms with E-state index in [1.54, 1.807) is 6.08 Å². The Bertz CT molecular complexity index is 1470. The van der Waals surface area contributed by atoms with Crippen molar-refractivity contribution in [1.82, 2.24) is 5.32 Å². The Hall–Kier alpha value is -1.27. The van der Waals surface area contributed by atoms with Crippen LogP contribution in [-0.4, -0.2) is 140 Å². The average Bonchev–Trinajstić information content (AvgIpc) is 3.69. The quantitative estimate of drug-likeness (QED) is 0.0204. The third-order valence-corrected chi connectivity index (χ3v) is 18.2. The Labute approximate surface area is 520 Å². The van der Waals surface area contributed by atoms with Gasteiger partial charge < -0.3 is 65.1 Å². The van der Waals surface area contributed by atoms with Crippen molar-refractivity contribution in [3.63, 3.8) is 0 Å². The molecule has 0 aromatic carbocycles. The minimum Gasteiger partial charge on any atom is -0.394 e. The van der Waals surface area contributed by atoms with Gasteiger partial charge in [0.2, 0.25) is 5.91 Å². The first-order chi connectivity index (χ1) is 41.6. The molecular formula is C71H137NO13. The number of rotatable bonds is 61. The smallest absolute Gasteiger partial charge is 0.220 e. The first-order valence-corrected chi connectivity index (χ1v) is 36.4. The molecule has 0 aromatic heterocycles. The second-order valence-corrected chi connectivity index (χ2v) is 26.1. The van der Waals surface area contributed by atoms with Crippen molar-refractivity contribution in [2.45, 2.75) is 415 Å². The maximum atomic E-state index is 13.3. The zero-order chi connectivity index (χ0) is 61.6. The van der Waals surface area contributed by atoms with Crippen LogP contribution in [0.3, 0.4) is 0 Å². The summed E-state index contributed by atoms with van der Waals surface area (Å²) in [4.78, 5) is 13.3. The highest BCUT2D eigenvalue weighted by atomic mass is 16.7. The molecule has 0 bridgehead atoms. The summed E-state index contributed by atoms with van der Waals surface area (Å²) < 4.78 is 22.9. The third-order valence-electron chi connectivity index (χ3n) is 18.2. The maximum absolute atomic E-state index is 13.3. The highest BCUT2D eigenvalue weighted by Crippen LogP contribution is 2.30. The molecule has 2 aliphatic heterocycles. The predicted molar refractivity (Wildman–Crippen MR) is 346 cm³/mol. The molecule has 9 N–H and O–H groups in total. The van der Waals surface area contributed by atoms with Gasteiger partial charge in [0, 0.05) is 6.42 Å². The molecule has 2 heterocycles. The van der Waals surface area contributed by atoms with Crippen LogP contribution in [0.1, 0.15) is 341 Å². The van der Waals surface area contributed by atoms with E-state index in [1.807, 2.05) is 6.08 Å². The average molecular weight is 1210 g/mol. The lowest BCUT2D eigenvalue weighted by atomic mass is 9.97. The molecule has 0 saturated carbocycles. The van der Waals surface area contributed by atoms with Gasteiger partial charge in [-0.15, -0.1) is 0 Å². The molecule has 2 saturated heterocycles. The van der Waals surface area contributed by atoms with Gasteiger partial charge in [-0.25, -0.2) is 0 Å². The molecule has 2 fully saturated rings. The Morgan fingerprint density at radius 3 is 1.08 bits per heavy atom. The number of allylic oxidation sites excluding steroid dienone is 1. The Kier molecular flexibility index (Phi) is 53.2. The van der Waals surface area contributed by atoms with Crippen molar-refractivity contribution in [2.24, 2.45) is 0 Å². The summed E-state index contributed by atoms with van der Waals surface area (Å²) in [5, 5.41) is 87.4. The van der Waals surface area contributed by atoms with Crippen LogP contribution in [0.25, 0.3) is 0 Å². The van der Waals surface area contributed by atoms with E-state index in [-0.39, 0.29) is 18.9 Å². The van der Waals surface area contributed by atoms with Gasteiger partial charge in [0.15, 0.2) is 12.6 Å². The van der Waals surface area contributed by atoms with E-state index >= 15 is 0 Å². The van der Waals surface area contributed by atoms with E-state index in [0.717, 1.165) is 44.9 Å². The fraction of sp³-hybridized carbons (Fsp3) is 0.958. The first kappa shape index (κ1) is 79.8. The number of nitrogens with one attached hydrogen (secondary N) is 1. The fourth-order valence-electron chi connectivity index (χ4n) is 12.4. The number of aliphatic hydroxyl groups excluding tert-OH is 8. The van der Waals surface area contributed by atoms with Crippen LogP contribution < -0.4 is 5.32 Å². The van der Waals surface area contributed by atoms with Gasteiger partial charge in [-0.1, -0.05) is 328 Å². The van der Waals surface area contributed by atoms with Gasteiger partial charge in [-0.05, 0) is 19.3 Å².